The number of amides is 8. The van der Waals surface area contributed by atoms with Gasteiger partial charge in [-0.3, -0.25) is 48.3 Å². The van der Waals surface area contributed by atoms with Gasteiger partial charge in [0.1, 0.15) is 48.3 Å². The number of carbonyl (C=O) groups excluding carboxylic acids is 8. The molecule has 0 aromatic carbocycles. The number of likely N-dealkylation sites (tertiary alicyclic amines) is 5. The molecule has 0 radical (unpaired) electrons. The van der Waals surface area contributed by atoms with Gasteiger partial charge in [0.25, 0.3) is 0 Å². The standard InChI is InChI=1S/C48H77N17O10/c1-27(2)37(49)45(73)65-23-9-16-36(65)44(72)62-20-6-13-33(62)38(66)58-29(10-3-17-55-47(50)51)41(69)64-22-8-15-35(64)43(71)63-21-7-14-34(63)40(68)60-31(24-28-25-54-26-57-28)42(70)61-19-5-12-32(61)39(67)59-30(46(74)75)11-4-18-56-48(52)53/h25-27,29-37H,3-24,49H2,1-2H3,(H,54,57)(H,58,66)(H,59,67)(H,60,68)(H,74,75)(H4,50,51,55)(H4,52,53,56)/t29-,30-,31-,32-,33-,34-,35-,36-,37-/m0/s1. The highest BCUT2D eigenvalue weighted by Crippen LogP contribution is 2.29. The van der Waals surface area contributed by atoms with Crippen LogP contribution in [0.4, 0.5) is 0 Å². The van der Waals surface area contributed by atoms with E-state index in [1.807, 2.05) is 13.8 Å². The van der Waals surface area contributed by atoms with Crippen molar-refractivity contribution in [1.82, 2.24) is 50.4 Å². The van der Waals surface area contributed by atoms with E-state index in [1.165, 1.54) is 37.0 Å². The van der Waals surface area contributed by atoms with E-state index in [0.717, 1.165) is 0 Å². The van der Waals surface area contributed by atoms with Crippen molar-refractivity contribution in [3.63, 3.8) is 0 Å². The van der Waals surface area contributed by atoms with Crippen molar-refractivity contribution in [2.24, 2.45) is 44.6 Å². The summed E-state index contributed by atoms with van der Waals surface area (Å²) in [7, 11) is 0. The summed E-state index contributed by atoms with van der Waals surface area (Å²) in [6.07, 6.45) is 7.59. The number of nitrogens with zero attached hydrogens (tertiary/aromatic N) is 8. The van der Waals surface area contributed by atoms with Crippen molar-refractivity contribution < 1.29 is 48.3 Å². The van der Waals surface area contributed by atoms with Crippen LogP contribution in [0.15, 0.2) is 22.5 Å². The maximum absolute atomic E-state index is 14.7. The molecule has 27 nitrogen and oxygen atoms in total. The van der Waals surface area contributed by atoms with E-state index in [9.17, 15) is 48.3 Å². The third-order valence-electron chi connectivity index (χ3n) is 14.9. The van der Waals surface area contributed by atoms with Gasteiger partial charge in [-0.15, -0.1) is 0 Å². The highest BCUT2D eigenvalue weighted by Gasteiger charge is 2.47. The first-order chi connectivity index (χ1) is 35.8. The van der Waals surface area contributed by atoms with Crippen molar-refractivity contribution >= 4 is 65.1 Å². The predicted molar refractivity (Wildman–Crippen MR) is 272 cm³/mol. The van der Waals surface area contributed by atoms with Crippen molar-refractivity contribution in [2.45, 2.75) is 165 Å². The van der Waals surface area contributed by atoms with E-state index < -0.39 is 95.8 Å². The van der Waals surface area contributed by atoms with Gasteiger partial charge in [0.2, 0.25) is 47.3 Å². The predicted octanol–water partition coefficient (Wildman–Crippen LogP) is -3.46. The molecule has 9 atom stereocenters. The van der Waals surface area contributed by atoms with Crippen LogP contribution in [-0.2, 0) is 49.6 Å². The zero-order chi connectivity index (χ0) is 54.5. The minimum Gasteiger partial charge on any atom is -0.480 e. The van der Waals surface area contributed by atoms with E-state index in [2.05, 4.69) is 35.9 Å². The van der Waals surface area contributed by atoms with E-state index in [0.29, 0.717) is 57.2 Å². The van der Waals surface area contributed by atoms with Crippen molar-refractivity contribution in [2.75, 3.05) is 45.8 Å². The molecule has 5 aliphatic rings. The third kappa shape index (κ3) is 14.4. The van der Waals surface area contributed by atoms with Crippen LogP contribution in [0, 0.1) is 5.92 Å². The molecule has 6 rings (SSSR count). The van der Waals surface area contributed by atoms with Gasteiger partial charge in [-0.2, -0.15) is 0 Å². The quantitative estimate of drug-likeness (QED) is 0.0289. The number of imidazole rings is 1. The van der Waals surface area contributed by atoms with Crippen LogP contribution >= 0.6 is 0 Å². The van der Waals surface area contributed by atoms with Crippen LogP contribution in [0.25, 0.3) is 0 Å². The van der Waals surface area contributed by atoms with Crippen molar-refractivity contribution in [3.8, 4) is 0 Å². The number of carboxylic acid groups (broad SMARTS) is 1. The topological polar surface area (TPSA) is 410 Å². The number of nitrogens with one attached hydrogen (secondary N) is 4. The van der Waals surface area contributed by atoms with Crippen LogP contribution in [0.3, 0.4) is 0 Å². The molecule has 5 saturated heterocycles. The number of aromatic nitrogens is 2. The number of rotatable bonds is 23. The van der Waals surface area contributed by atoms with E-state index in [4.69, 9.17) is 28.7 Å². The highest BCUT2D eigenvalue weighted by molar-refractivity contribution is 5.99. The summed E-state index contributed by atoms with van der Waals surface area (Å²) in [5, 5.41) is 18.2. The molecule has 8 amide bonds. The van der Waals surface area contributed by atoms with Crippen LogP contribution in [-0.4, -0.2) is 205 Å². The third-order valence-corrected chi connectivity index (χ3v) is 14.9. The smallest absolute Gasteiger partial charge is 0.326 e. The second-order valence-electron chi connectivity index (χ2n) is 20.4. The molecule has 5 aliphatic heterocycles. The molecule has 1 aromatic rings. The second-order valence-corrected chi connectivity index (χ2v) is 20.4. The Morgan fingerprint density at radius 1 is 0.600 bits per heavy atom. The number of H-pyrrole nitrogens is 1. The molecule has 15 N–H and O–H groups in total. The molecule has 414 valence electrons. The molecule has 0 unspecified atom stereocenters. The molecule has 0 spiro atoms. The zero-order valence-corrected chi connectivity index (χ0v) is 43.1. The van der Waals surface area contributed by atoms with Gasteiger partial charge in [0, 0.05) is 64.1 Å². The first-order valence-electron chi connectivity index (χ1n) is 26.3. The van der Waals surface area contributed by atoms with Gasteiger partial charge in [0.15, 0.2) is 11.9 Å². The Hall–Kier alpha value is -7.06. The minimum atomic E-state index is -1.27. The van der Waals surface area contributed by atoms with E-state index >= 15 is 0 Å². The SMILES string of the molecule is CC(C)[C@H](N)C(=O)N1CCC[C@H]1C(=O)N1CCC[C@H]1C(=O)N[C@@H](CCCN=C(N)N)C(=O)N1CCC[C@H]1C(=O)N1CCC[C@H]1C(=O)N[C@@H](Cc1cnc[nH]1)C(=O)N1CCC[C@H]1C(=O)N[C@@H](CCCN=C(N)N)C(=O)O. The summed E-state index contributed by atoms with van der Waals surface area (Å²) in [5.41, 5.74) is 28.6. The largest absolute Gasteiger partial charge is 0.480 e. The Kier molecular flexibility index (Phi) is 20.2. The fraction of sp³-hybridized carbons (Fsp3) is 0.708. The number of nitrogens with two attached hydrogens (primary N) is 5. The number of aromatic amines is 1. The van der Waals surface area contributed by atoms with Crippen LogP contribution < -0.4 is 44.6 Å². The molecule has 6 heterocycles. The van der Waals surface area contributed by atoms with Gasteiger partial charge in [-0.1, -0.05) is 13.8 Å². The Labute approximate surface area is 435 Å². The summed E-state index contributed by atoms with van der Waals surface area (Å²) in [6.45, 7) is 5.19. The minimum absolute atomic E-state index is 0.0292. The lowest BCUT2D eigenvalue weighted by Crippen LogP contribution is -2.60. The van der Waals surface area contributed by atoms with Gasteiger partial charge in [-0.05, 0) is 95.8 Å². The Bertz CT molecular complexity index is 2290. The monoisotopic (exact) mass is 1050 g/mol. The number of aliphatic carboxylic acids is 1. The number of hydrogen-bond donors (Lipinski definition) is 10. The number of carbonyl (C=O) groups is 9. The Balaban J connectivity index is 1.14. The molecule has 5 fully saturated rings. The maximum Gasteiger partial charge on any atom is 0.326 e. The summed E-state index contributed by atoms with van der Waals surface area (Å²) in [4.78, 5) is 148. The fourth-order valence-electron chi connectivity index (χ4n) is 10.9. The lowest BCUT2D eigenvalue weighted by Gasteiger charge is -2.35. The summed E-state index contributed by atoms with van der Waals surface area (Å²) in [5.74, 6) is -5.77. The first kappa shape index (κ1) is 57.2. The second kappa shape index (κ2) is 26.4. The van der Waals surface area contributed by atoms with Gasteiger partial charge in [-0.25, -0.2) is 9.78 Å². The highest BCUT2D eigenvalue weighted by atomic mass is 16.4. The van der Waals surface area contributed by atoms with Crippen LogP contribution in [0.5, 0.6) is 0 Å². The lowest BCUT2D eigenvalue weighted by atomic mass is 10.0. The van der Waals surface area contributed by atoms with E-state index in [1.54, 1.807) is 0 Å². The zero-order valence-electron chi connectivity index (χ0n) is 43.1. The van der Waals surface area contributed by atoms with E-state index in [-0.39, 0.29) is 120 Å². The number of aliphatic imine (C=N–C) groups is 2. The maximum atomic E-state index is 14.7. The van der Waals surface area contributed by atoms with Gasteiger partial charge < -0.3 is 79.2 Å². The molecule has 1 aromatic heterocycles. The summed E-state index contributed by atoms with van der Waals surface area (Å²) in [6, 6.07) is -9.12. The first-order valence-corrected chi connectivity index (χ1v) is 26.3. The Morgan fingerprint density at radius 3 is 1.43 bits per heavy atom. The van der Waals surface area contributed by atoms with Crippen molar-refractivity contribution in [1.29, 1.82) is 0 Å². The molecule has 75 heavy (non-hydrogen) atoms. The number of carboxylic acids is 1. The molecular weight excluding hydrogens is 975 g/mol. The average molecular weight is 1050 g/mol. The molecular formula is C48H77N17O10. The summed E-state index contributed by atoms with van der Waals surface area (Å²) >= 11 is 0. The molecule has 27 heteroatoms. The molecule has 0 aliphatic carbocycles. The lowest BCUT2D eigenvalue weighted by molar-refractivity contribution is -0.149. The van der Waals surface area contributed by atoms with Gasteiger partial charge in [0.05, 0.1) is 12.4 Å². The normalized spacial score (nSPS) is 23.1. The number of guanidine groups is 2. The molecule has 0 bridgehead atoms. The van der Waals surface area contributed by atoms with Crippen LogP contribution in [0.2, 0.25) is 0 Å². The van der Waals surface area contributed by atoms with Crippen molar-refractivity contribution in [3.05, 3.63) is 18.2 Å². The average Bonchev–Trinajstić information content (AvgIpc) is 4.24. The fourth-order valence-corrected chi connectivity index (χ4v) is 10.9. The van der Waals surface area contributed by atoms with Gasteiger partial charge >= 0.3 is 5.97 Å². The number of hydrogen-bond acceptors (Lipinski definition) is 13. The summed E-state index contributed by atoms with van der Waals surface area (Å²) < 4.78 is 0. The molecule has 0 saturated carbocycles. The van der Waals surface area contributed by atoms with Crippen LogP contribution in [0.1, 0.15) is 109 Å². The Morgan fingerprint density at radius 2 is 0.987 bits per heavy atom.